The van der Waals surface area contributed by atoms with E-state index in [2.05, 4.69) is 16.7 Å². The molecule has 1 spiro atoms. The zero-order chi connectivity index (χ0) is 18.9. The third-order valence-corrected chi connectivity index (χ3v) is 6.69. The topological polar surface area (TPSA) is 70.6 Å². The summed E-state index contributed by atoms with van der Waals surface area (Å²) in [6.45, 7) is 0.344. The summed E-state index contributed by atoms with van der Waals surface area (Å²) in [5.41, 5.74) is 2.67. The van der Waals surface area contributed by atoms with E-state index in [4.69, 9.17) is 4.99 Å². The van der Waals surface area contributed by atoms with E-state index >= 15 is 0 Å². The van der Waals surface area contributed by atoms with Crippen LogP contribution in [-0.2, 0) is 16.4 Å². The van der Waals surface area contributed by atoms with Gasteiger partial charge in [0.2, 0.25) is 0 Å². The molecule has 2 aliphatic rings. The highest BCUT2D eigenvalue weighted by molar-refractivity contribution is 7.90. The molecule has 0 amide bonds. The molecule has 0 saturated heterocycles. The number of hydrogen-bond donors (Lipinski definition) is 2. The summed E-state index contributed by atoms with van der Waals surface area (Å²) < 4.78 is 24.2. The highest BCUT2D eigenvalue weighted by Crippen LogP contribution is 2.39. The maximum absolute atomic E-state index is 12.1. The molecule has 6 heteroatoms. The molecule has 0 atom stereocenters. The molecule has 2 N–H and O–H groups in total. The van der Waals surface area contributed by atoms with E-state index in [0.717, 1.165) is 48.5 Å². The van der Waals surface area contributed by atoms with Crippen molar-refractivity contribution in [2.24, 2.45) is 4.99 Å². The standard InChI is InChI=1S/C21H25N3O2S/c1-27(25,26)19-12-6-3-9-16(19)15-22-20-21(13-7-2-8-14-21)24-18-11-5-4-10-17(18)23-20/h3-6,9-12,24H,2,7-8,13-15H2,1H3,(H,22,23). The Morgan fingerprint density at radius 1 is 0.963 bits per heavy atom. The van der Waals surface area contributed by atoms with Gasteiger partial charge in [0.15, 0.2) is 9.84 Å². The van der Waals surface area contributed by atoms with Crippen molar-refractivity contribution in [3.63, 3.8) is 0 Å². The second-order valence-electron chi connectivity index (χ2n) is 7.48. The fourth-order valence-corrected chi connectivity index (χ4v) is 5.07. The lowest BCUT2D eigenvalue weighted by Gasteiger charge is -2.44. The molecule has 1 aliphatic carbocycles. The highest BCUT2D eigenvalue weighted by Gasteiger charge is 2.40. The van der Waals surface area contributed by atoms with E-state index < -0.39 is 9.84 Å². The van der Waals surface area contributed by atoms with E-state index in [1.54, 1.807) is 12.1 Å². The molecule has 27 heavy (non-hydrogen) atoms. The Morgan fingerprint density at radius 2 is 1.63 bits per heavy atom. The predicted octanol–water partition coefficient (Wildman–Crippen LogP) is 4.23. The summed E-state index contributed by atoms with van der Waals surface area (Å²) in [4.78, 5) is 5.24. The average molecular weight is 384 g/mol. The SMILES string of the molecule is CS(=O)(=O)c1ccccc1CN=C1Nc2ccccc2NC12CCCCC2. The Morgan fingerprint density at radius 3 is 2.37 bits per heavy atom. The molecule has 1 saturated carbocycles. The average Bonchev–Trinajstić information content (AvgIpc) is 2.66. The van der Waals surface area contributed by atoms with Crippen LogP contribution in [0.15, 0.2) is 58.4 Å². The van der Waals surface area contributed by atoms with Crippen molar-refractivity contribution >= 4 is 27.0 Å². The van der Waals surface area contributed by atoms with E-state index in [1.165, 1.54) is 12.7 Å². The predicted molar refractivity (Wildman–Crippen MR) is 110 cm³/mol. The largest absolute Gasteiger partial charge is 0.371 e. The van der Waals surface area contributed by atoms with Crippen LogP contribution in [0.3, 0.4) is 0 Å². The summed E-state index contributed by atoms with van der Waals surface area (Å²) in [6, 6.07) is 15.3. The number of nitrogens with one attached hydrogen (secondary N) is 2. The van der Waals surface area contributed by atoms with Gasteiger partial charge >= 0.3 is 0 Å². The molecule has 142 valence electrons. The number of para-hydroxylation sites is 2. The molecule has 0 bridgehead atoms. The number of aliphatic imine (C=N–C) groups is 1. The smallest absolute Gasteiger partial charge is 0.175 e. The van der Waals surface area contributed by atoms with Gasteiger partial charge in [-0.15, -0.1) is 0 Å². The number of anilines is 2. The number of rotatable bonds is 3. The van der Waals surface area contributed by atoms with Gasteiger partial charge in [0, 0.05) is 6.26 Å². The van der Waals surface area contributed by atoms with E-state index in [9.17, 15) is 8.42 Å². The first-order valence-corrected chi connectivity index (χ1v) is 11.3. The first kappa shape index (κ1) is 18.0. The lowest BCUT2D eigenvalue weighted by Crippen LogP contribution is -2.53. The summed E-state index contributed by atoms with van der Waals surface area (Å²) >= 11 is 0. The molecule has 0 unspecified atom stereocenters. The number of fused-ring (bicyclic) bond motifs is 1. The Kier molecular flexibility index (Phi) is 4.68. The summed E-state index contributed by atoms with van der Waals surface area (Å²) in [5.74, 6) is 0.921. The van der Waals surface area contributed by atoms with E-state index in [-0.39, 0.29) is 5.54 Å². The molecule has 0 aromatic heterocycles. The van der Waals surface area contributed by atoms with Crippen molar-refractivity contribution < 1.29 is 8.42 Å². The summed E-state index contributed by atoms with van der Waals surface area (Å²) in [5, 5.41) is 7.26. The number of benzene rings is 2. The maximum Gasteiger partial charge on any atom is 0.175 e. The van der Waals surface area contributed by atoms with Crippen molar-refractivity contribution in [1.29, 1.82) is 0 Å². The fraction of sp³-hybridized carbons (Fsp3) is 0.381. The molecule has 2 aromatic carbocycles. The maximum atomic E-state index is 12.1. The quantitative estimate of drug-likeness (QED) is 0.832. The van der Waals surface area contributed by atoms with Crippen LogP contribution in [0.2, 0.25) is 0 Å². The van der Waals surface area contributed by atoms with Gasteiger partial charge in [0.05, 0.1) is 28.4 Å². The third kappa shape index (κ3) is 3.58. The zero-order valence-electron chi connectivity index (χ0n) is 15.5. The second-order valence-corrected chi connectivity index (χ2v) is 9.47. The zero-order valence-corrected chi connectivity index (χ0v) is 16.3. The van der Waals surface area contributed by atoms with Crippen LogP contribution in [0.25, 0.3) is 0 Å². The molecular weight excluding hydrogens is 358 g/mol. The van der Waals surface area contributed by atoms with Crippen LogP contribution in [-0.4, -0.2) is 26.0 Å². The lowest BCUT2D eigenvalue weighted by atomic mass is 9.79. The normalized spacial score (nSPS) is 20.0. The van der Waals surface area contributed by atoms with Gasteiger partial charge in [-0.3, -0.25) is 4.99 Å². The van der Waals surface area contributed by atoms with E-state index in [1.807, 2.05) is 30.3 Å². The Balaban J connectivity index is 1.71. The van der Waals surface area contributed by atoms with Crippen molar-refractivity contribution in [1.82, 2.24) is 0 Å². The molecule has 0 radical (unpaired) electrons. The number of nitrogens with zero attached hydrogens (tertiary/aromatic N) is 1. The van der Waals surface area contributed by atoms with Crippen LogP contribution in [0.5, 0.6) is 0 Å². The monoisotopic (exact) mass is 383 g/mol. The van der Waals surface area contributed by atoms with Gasteiger partial charge in [0.25, 0.3) is 0 Å². The first-order chi connectivity index (χ1) is 13.0. The molecular formula is C21H25N3O2S. The van der Waals surface area contributed by atoms with Crippen molar-refractivity contribution in [3.8, 4) is 0 Å². The first-order valence-electron chi connectivity index (χ1n) is 9.45. The van der Waals surface area contributed by atoms with Gasteiger partial charge in [-0.1, -0.05) is 49.6 Å². The Hall–Kier alpha value is -2.34. The molecule has 5 nitrogen and oxygen atoms in total. The number of amidine groups is 1. The highest BCUT2D eigenvalue weighted by atomic mass is 32.2. The van der Waals surface area contributed by atoms with Crippen LogP contribution >= 0.6 is 0 Å². The molecule has 2 aromatic rings. The van der Waals surface area contributed by atoms with Gasteiger partial charge in [-0.25, -0.2) is 8.42 Å². The number of hydrogen-bond acceptors (Lipinski definition) is 4. The lowest BCUT2D eigenvalue weighted by molar-refractivity contribution is 0.403. The van der Waals surface area contributed by atoms with Gasteiger partial charge in [0.1, 0.15) is 5.84 Å². The summed E-state index contributed by atoms with van der Waals surface area (Å²) in [7, 11) is -3.27. The Labute approximate surface area is 160 Å². The Bertz CT molecular complexity index is 976. The van der Waals surface area contributed by atoms with Crippen molar-refractivity contribution in [2.75, 3.05) is 16.9 Å². The van der Waals surface area contributed by atoms with Crippen molar-refractivity contribution in [3.05, 3.63) is 54.1 Å². The van der Waals surface area contributed by atoms with Gasteiger partial charge < -0.3 is 10.6 Å². The van der Waals surface area contributed by atoms with Crippen LogP contribution < -0.4 is 10.6 Å². The molecule has 1 aliphatic heterocycles. The van der Waals surface area contributed by atoms with Crippen molar-refractivity contribution in [2.45, 2.75) is 49.1 Å². The molecule has 4 rings (SSSR count). The van der Waals surface area contributed by atoms with Crippen LogP contribution in [0, 0.1) is 0 Å². The van der Waals surface area contributed by atoms with E-state index in [0.29, 0.717) is 11.4 Å². The molecule has 1 heterocycles. The van der Waals surface area contributed by atoms with Gasteiger partial charge in [-0.2, -0.15) is 0 Å². The fourth-order valence-electron chi connectivity index (χ4n) is 4.13. The number of sulfone groups is 1. The molecule has 1 fully saturated rings. The van der Waals surface area contributed by atoms with Crippen LogP contribution in [0.4, 0.5) is 11.4 Å². The second kappa shape index (κ2) is 7.00. The minimum Gasteiger partial charge on any atom is -0.371 e. The van der Waals surface area contributed by atoms with Crippen LogP contribution in [0.1, 0.15) is 37.7 Å². The minimum absolute atomic E-state index is 0.188. The minimum atomic E-state index is -3.27. The summed E-state index contributed by atoms with van der Waals surface area (Å²) in [6.07, 6.45) is 6.88. The van der Waals surface area contributed by atoms with Gasteiger partial charge in [-0.05, 0) is 36.6 Å². The third-order valence-electron chi connectivity index (χ3n) is 5.49.